The van der Waals surface area contributed by atoms with Gasteiger partial charge in [0.2, 0.25) is 0 Å². The SMILES string of the molecule is C=C(Nc1cc(OC(C)C(=O)O)ccc1N(CC(C)C)C1CCCCC1)Oc1ccccc1CCC. The van der Waals surface area contributed by atoms with E-state index in [4.69, 9.17) is 9.47 Å². The van der Waals surface area contributed by atoms with Gasteiger partial charge in [-0.2, -0.15) is 0 Å². The molecule has 0 aromatic heterocycles. The largest absolute Gasteiger partial charge is 0.479 e. The second kappa shape index (κ2) is 13.2. The van der Waals surface area contributed by atoms with Crippen LogP contribution in [0.1, 0.15) is 71.8 Å². The Morgan fingerprint density at radius 3 is 2.53 bits per heavy atom. The number of para-hydroxylation sites is 1. The van der Waals surface area contributed by atoms with Crippen LogP contribution in [-0.4, -0.2) is 29.8 Å². The van der Waals surface area contributed by atoms with Crippen molar-refractivity contribution < 1.29 is 19.4 Å². The molecule has 0 radical (unpaired) electrons. The van der Waals surface area contributed by atoms with Crippen LogP contribution in [-0.2, 0) is 11.2 Å². The van der Waals surface area contributed by atoms with Crippen molar-refractivity contribution in [2.45, 2.75) is 84.8 Å². The Morgan fingerprint density at radius 2 is 1.86 bits per heavy atom. The van der Waals surface area contributed by atoms with Gasteiger partial charge in [-0.25, -0.2) is 4.79 Å². The van der Waals surface area contributed by atoms with Gasteiger partial charge in [-0.1, -0.05) is 64.7 Å². The van der Waals surface area contributed by atoms with Gasteiger partial charge < -0.3 is 24.8 Å². The normalized spacial score (nSPS) is 14.8. The number of nitrogens with one attached hydrogen (secondary N) is 1. The fourth-order valence-corrected chi connectivity index (χ4v) is 4.81. The molecule has 3 rings (SSSR count). The zero-order chi connectivity index (χ0) is 26.1. The van der Waals surface area contributed by atoms with Gasteiger partial charge in [0, 0.05) is 18.7 Å². The molecule has 2 aromatic carbocycles. The average Bonchev–Trinajstić information content (AvgIpc) is 2.84. The van der Waals surface area contributed by atoms with Crippen molar-refractivity contribution >= 4 is 17.3 Å². The quantitative estimate of drug-likeness (QED) is 0.286. The lowest BCUT2D eigenvalue weighted by Crippen LogP contribution is -2.39. The third kappa shape index (κ3) is 7.67. The number of rotatable bonds is 13. The highest BCUT2D eigenvalue weighted by Gasteiger charge is 2.25. The van der Waals surface area contributed by atoms with E-state index in [1.165, 1.54) is 39.0 Å². The lowest BCUT2D eigenvalue weighted by molar-refractivity contribution is -0.144. The van der Waals surface area contributed by atoms with E-state index in [2.05, 4.69) is 43.6 Å². The summed E-state index contributed by atoms with van der Waals surface area (Å²) in [4.78, 5) is 13.9. The minimum Gasteiger partial charge on any atom is -0.479 e. The summed E-state index contributed by atoms with van der Waals surface area (Å²) in [5, 5.41) is 12.7. The summed E-state index contributed by atoms with van der Waals surface area (Å²) < 4.78 is 11.9. The average molecular weight is 495 g/mol. The number of carbonyl (C=O) groups is 1. The first kappa shape index (κ1) is 27.4. The Balaban J connectivity index is 1.93. The van der Waals surface area contributed by atoms with E-state index in [1.807, 2.05) is 36.4 Å². The summed E-state index contributed by atoms with van der Waals surface area (Å²) in [6, 6.07) is 14.2. The first-order valence-electron chi connectivity index (χ1n) is 13.3. The minimum atomic E-state index is -1.00. The maximum absolute atomic E-state index is 11.4. The van der Waals surface area contributed by atoms with Crippen molar-refractivity contribution in [3.8, 4) is 11.5 Å². The Hall–Kier alpha value is -3.15. The van der Waals surface area contributed by atoms with Crippen LogP contribution in [0.15, 0.2) is 54.9 Å². The Kier molecular flexibility index (Phi) is 10.1. The third-order valence-electron chi connectivity index (χ3n) is 6.51. The predicted octanol–water partition coefficient (Wildman–Crippen LogP) is 7.25. The number of benzene rings is 2. The molecule has 2 N–H and O–H groups in total. The molecule has 1 atom stereocenters. The summed E-state index contributed by atoms with van der Waals surface area (Å²) >= 11 is 0. The van der Waals surface area contributed by atoms with Gasteiger partial charge in [-0.3, -0.25) is 0 Å². The molecule has 0 spiro atoms. The van der Waals surface area contributed by atoms with Gasteiger partial charge >= 0.3 is 5.97 Å². The summed E-state index contributed by atoms with van der Waals surface area (Å²) in [6.07, 6.45) is 7.11. The van der Waals surface area contributed by atoms with Crippen molar-refractivity contribution in [2.75, 3.05) is 16.8 Å². The molecule has 2 aromatic rings. The number of anilines is 2. The first-order chi connectivity index (χ1) is 17.3. The van der Waals surface area contributed by atoms with Crippen molar-refractivity contribution in [2.24, 2.45) is 5.92 Å². The van der Waals surface area contributed by atoms with Crippen molar-refractivity contribution in [3.63, 3.8) is 0 Å². The first-order valence-corrected chi connectivity index (χ1v) is 13.3. The molecule has 0 saturated heterocycles. The molecular weight excluding hydrogens is 452 g/mol. The molecule has 36 heavy (non-hydrogen) atoms. The third-order valence-corrected chi connectivity index (χ3v) is 6.51. The fraction of sp³-hybridized carbons (Fsp3) is 0.500. The maximum atomic E-state index is 11.4. The zero-order valence-electron chi connectivity index (χ0n) is 22.3. The number of ether oxygens (including phenoxy) is 2. The molecule has 1 unspecified atom stereocenters. The Labute approximate surface area is 216 Å². The molecule has 1 aliphatic carbocycles. The van der Waals surface area contributed by atoms with Crippen LogP contribution in [0.2, 0.25) is 0 Å². The number of aryl methyl sites for hydroxylation is 1. The van der Waals surface area contributed by atoms with Gasteiger partial charge in [0.05, 0.1) is 11.4 Å². The summed E-state index contributed by atoms with van der Waals surface area (Å²) in [5.41, 5.74) is 2.99. The van der Waals surface area contributed by atoms with Crippen LogP contribution in [0.25, 0.3) is 0 Å². The van der Waals surface area contributed by atoms with Crippen LogP contribution >= 0.6 is 0 Å². The van der Waals surface area contributed by atoms with E-state index < -0.39 is 12.1 Å². The van der Waals surface area contributed by atoms with E-state index in [-0.39, 0.29) is 0 Å². The Morgan fingerprint density at radius 1 is 1.14 bits per heavy atom. The molecule has 0 bridgehead atoms. The van der Waals surface area contributed by atoms with E-state index in [0.29, 0.717) is 23.6 Å². The number of hydrogen-bond donors (Lipinski definition) is 2. The van der Waals surface area contributed by atoms with Gasteiger partial charge in [-0.05, 0) is 62.4 Å². The van der Waals surface area contributed by atoms with Crippen molar-refractivity contribution in [1.29, 1.82) is 0 Å². The molecule has 1 saturated carbocycles. The lowest BCUT2D eigenvalue weighted by Gasteiger charge is -2.38. The molecule has 0 aliphatic heterocycles. The number of nitrogens with zero attached hydrogens (tertiary/aromatic N) is 1. The van der Waals surface area contributed by atoms with Crippen molar-refractivity contribution in [3.05, 3.63) is 60.5 Å². The number of carboxylic acids is 1. The maximum Gasteiger partial charge on any atom is 0.344 e. The topological polar surface area (TPSA) is 71.0 Å². The molecule has 1 aliphatic rings. The second-order valence-electron chi connectivity index (χ2n) is 10.1. The molecule has 0 heterocycles. The highest BCUT2D eigenvalue weighted by Crippen LogP contribution is 2.37. The van der Waals surface area contributed by atoms with Gasteiger partial charge in [0.15, 0.2) is 12.0 Å². The smallest absolute Gasteiger partial charge is 0.344 e. The predicted molar refractivity (Wildman–Crippen MR) is 147 cm³/mol. The number of carboxylic acid groups (broad SMARTS) is 1. The molecule has 196 valence electrons. The number of aliphatic carboxylic acids is 1. The van der Waals surface area contributed by atoms with E-state index in [0.717, 1.165) is 42.1 Å². The summed E-state index contributed by atoms with van der Waals surface area (Å²) in [7, 11) is 0. The molecule has 6 heteroatoms. The molecule has 6 nitrogen and oxygen atoms in total. The van der Waals surface area contributed by atoms with Crippen LogP contribution in [0, 0.1) is 5.92 Å². The summed E-state index contributed by atoms with van der Waals surface area (Å²) in [5.74, 6) is 1.18. The van der Waals surface area contributed by atoms with Crippen LogP contribution in [0.5, 0.6) is 11.5 Å². The molecule has 1 fully saturated rings. The van der Waals surface area contributed by atoms with Gasteiger partial charge in [-0.15, -0.1) is 0 Å². The van der Waals surface area contributed by atoms with Crippen LogP contribution in [0.3, 0.4) is 0 Å². The number of hydrogen-bond acceptors (Lipinski definition) is 5. The highest BCUT2D eigenvalue weighted by molar-refractivity contribution is 5.75. The standard InChI is InChI=1S/C30H42N2O4/c1-6-12-24-13-10-11-16-29(24)36-23(5)31-27-19-26(35-22(4)30(33)34)17-18-28(27)32(20-21(2)3)25-14-8-7-9-15-25/h10-11,13,16-19,21-22,25,31H,5-9,12,14-15,20H2,1-4H3,(H,33,34). The monoisotopic (exact) mass is 494 g/mol. The molecule has 0 amide bonds. The minimum absolute atomic E-state index is 0.413. The lowest BCUT2D eigenvalue weighted by atomic mass is 9.93. The highest BCUT2D eigenvalue weighted by atomic mass is 16.5. The second-order valence-corrected chi connectivity index (χ2v) is 10.1. The van der Waals surface area contributed by atoms with Crippen LogP contribution in [0.4, 0.5) is 11.4 Å². The van der Waals surface area contributed by atoms with Gasteiger partial charge in [0.1, 0.15) is 11.5 Å². The fourth-order valence-electron chi connectivity index (χ4n) is 4.81. The van der Waals surface area contributed by atoms with E-state index in [9.17, 15) is 9.90 Å². The molecular formula is C30H42N2O4. The van der Waals surface area contributed by atoms with Gasteiger partial charge in [0.25, 0.3) is 0 Å². The van der Waals surface area contributed by atoms with E-state index in [1.54, 1.807) is 0 Å². The van der Waals surface area contributed by atoms with E-state index >= 15 is 0 Å². The summed E-state index contributed by atoms with van der Waals surface area (Å²) in [6.45, 7) is 13.2. The Bertz CT molecular complexity index is 1010. The zero-order valence-corrected chi connectivity index (χ0v) is 22.3. The van der Waals surface area contributed by atoms with Crippen molar-refractivity contribution in [1.82, 2.24) is 0 Å². The van der Waals surface area contributed by atoms with Crippen LogP contribution < -0.4 is 19.7 Å².